The highest BCUT2D eigenvalue weighted by Crippen LogP contribution is 2.38. The standard InChI is InChI=1S/C21H30N8O4S/c1-14-13-33-6-5-28(14)21-25-18(15-9-23-20(22)24-10-15)17-3-4-29(19(17)26-21)16-11-27(12-16)34(30,31)8-7-32-2/h9-10,14,16H,3-8,11-13H2,1-2H3,(H2,22,23,24). The first-order valence-corrected chi connectivity index (χ1v) is 13.0. The van der Waals surface area contributed by atoms with E-state index < -0.39 is 10.0 Å². The van der Waals surface area contributed by atoms with Gasteiger partial charge in [0.1, 0.15) is 5.82 Å². The number of methoxy groups -OCH3 is 1. The summed E-state index contributed by atoms with van der Waals surface area (Å²) in [5.74, 6) is 1.70. The summed E-state index contributed by atoms with van der Waals surface area (Å²) in [6, 6.07) is 0.209. The maximum Gasteiger partial charge on any atom is 0.228 e. The molecule has 1 atom stereocenters. The molecule has 3 aliphatic heterocycles. The fourth-order valence-corrected chi connectivity index (χ4v) is 6.07. The van der Waals surface area contributed by atoms with Crippen molar-refractivity contribution >= 4 is 27.7 Å². The molecule has 2 aromatic heterocycles. The Hall–Kier alpha value is -2.61. The van der Waals surface area contributed by atoms with Crippen LogP contribution in [-0.4, -0.2) is 104 Å². The molecular formula is C21H30N8O4S. The van der Waals surface area contributed by atoms with Crippen LogP contribution in [0.25, 0.3) is 11.3 Å². The van der Waals surface area contributed by atoms with E-state index in [2.05, 4.69) is 26.7 Å². The van der Waals surface area contributed by atoms with Crippen molar-refractivity contribution in [2.45, 2.75) is 25.4 Å². The number of nitrogens with zero attached hydrogens (tertiary/aromatic N) is 7. The zero-order valence-electron chi connectivity index (χ0n) is 19.4. The van der Waals surface area contributed by atoms with Crippen LogP contribution in [0.15, 0.2) is 12.4 Å². The van der Waals surface area contributed by atoms with Gasteiger partial charge in [0.25, 0.3) is 0 Å². The molecule has 13 heteroatoms. The zero-order chi connectivity index (χ0) is 23.9. The van der Waals surface area contributed by atoms with Crippen molar-refractivity contribution in [3.8, 4) is 11.3 Å². The van der Waals surface area contributed by atoms with Gasteiger partial charge in [0.2, 0.25) is 21.9 Å². The molecule has 0 aliphatic carbocycles. The lowest BCUT2D eigenvalue weighted by molar-refractivity contribution is 0.0981. The summed E-state index contributed by atoms with van der Waals surface area (Å²) in [6.07, 6.45) is 4.14. The van der Waals surface area contributed by atoms with Crippen molar-refractivity contribution in [1.82, 2.24) is 24.2 Å². The van der Waals surface area contributed by atoms with Crippen LogP contribution < -0.4 is 15.5 Å². The van der Waals surface area contributed by atoms with Crippen LogP contribution in [-0.2, 0) is 25.9 Å². The summed E-state index contributed by atoms with van der Waals surface area (Å²) in [5.41, 5.74) is 8.31. The molecule has 5 rings (SSSR count). The molecule has 5 heterocycles. The second-order valence-electron chi connectivity index (χ2n) is 8.84. The number of anilines is 3. The first kappa shape index (κ1) is 23.1. The molecule has 0 bridgehead atoms. The second kappa shape index (κ2) is 9.21. The van der Waals surface area contributed by atoms with E-state index in [1.807, 2.05) is 0 Å². The van der Waals surface area contributed by atoms with Crippen molar-refractivity contribution in [2.24, 2.45) is 0 Å². The topological polar surface area (TPSA) is 140 Å². The SMILES string of the molecule is COCCS(=O)(=O)N1CC(N2CCc3c(-c4cnc(N)nc4)nc(N4CCOCC4C)nc32)C1. The first-order valence-electron chi connectivity index (χ1n) is 11.4. The van der Waals surface area contributed by atoms with Crippen molar-refractivity contribution in [1.29, 1.82) is 0 Å². The average Bonchev–Trinajstić information content (AvgIpc) is 3.20. The van der Waals surface area contributed by atoms with Gasteiger partial charge in [-0.1, -0.05) is 0 Å². The van der Waals surface area contributed by atoms with Crippen LogP contribution in [0.4, 0.5) is 17.7 Å². The Morgan fingerprint density at radius 2 is 1.94 bits per heavy atom. The molecule has 2 fully saturated rings. The lowest BCUT2D eigenvalue weighted by Crippen LogP contribution is -2.61. The smallest absolute Gasteiger partial charge is 0.228 e. The molecular weight excluding hydrogens is 460 g/mol. The Morgan fingerprint density at radius 1 is 1.18 bits per heavy atom. The number of aromatic nitrogens is 4. The molecule has 2 saturated heterocycles. The molecule has 1 unspecified atom stereocenters. The number of rotatable bonds is 7. The van der Waals surface area contributed by atoms with Crippen molar-refractivity contribution < 1.29 is 17.9 Å². The third-order valence-corrected chi connectivity index (χ3v) is 8.39. The molecule has 0 saturated carbocycles. The van der Waals surface area contributed by atoms with Gasteiger partial charge in [-0.25, -0.2) is 23.4 Å². The average molecular weight is 491 g/mol. The molecule has 184 valence electrons. The highest BCUT2D eigenvalue weighted by atomic mass is 32.2. The summed E-state index contributed by atoms with van der Waals surface area (Å²) >= 11 is 0. The van der Waals surface area contributed by atoms with Gasteiger partial charge in [0.15, 0.2) is 0 Å². The molecule has 2 aromatic rings. The minimum absolute atomic E-state index is 0.00463. The van der Waals surface area contributed by atoms with Gasteiger partial charge in [0.05, 0.1) is 43.4 Å². The van der Waals surface area contributed by atoms with Crippen LogP contribution >= 0.6 is 0 Å². The predicted molar refractivity (Wildman–Crippen MR) is 127 cm³/mol. The van der Waals surface area contributed by atoms with E-state index in [0.29, 0.717) is 38.8 Å². The molecule has 34 heavy (non-hydrogen) atoms. The number of ether oxygens (including phenoxy) is 2. The molecule has 12 nitrogen and oxygen atoms in total. The third-order valence-electron chi connectivity index (χ3n) is 6.63. The summed E-state index contributed by atoms with van der Waals surface area (Å²) in [5, 5.41) is 0. The van der Waals surface area contributed by atoms with Crippen LogP contribution in [0.1, 0.15) is 12.5 Å². The molecule has 0 amide bonds. The van der Waals surface area contributed by atoms with E-state index in [-0.39, 0.29) is 30.4 Å². The second-order valence-corrected chi connectivity index (χ2v) is 10.9. The lowest BCUT2D eigenvalue weighted by Gasteiger charge is -2.43. The van der Waals surface area contributed by atoms with E-state index in [1.54, 1.807) is 12.4 Å². The van der Waals surface area contributed by atoms with Crippen molar-refractivity contribution in [3.63, 3.8) is 0 Å². The summed E-state index contributed by atoms with van der Waals surface area (Å²) in [6.45, 7) is 5.86. The normalized spacial score (nSPS) is 21.5. The number of hydrogen-bond acceptors (Lipinski definition) is 11. The lowest BCUT2D eigenvalue weighted by atomic mass is 10.1. The Balaban J connectivity index is 1.46. The van der Waals surface area contributed by atoms with Crippen LogP contribution in [0.2, 0.25) is 0 Å². The molecule has 0 spiro atoms. The fourth-order valence-electron chi connectivity index (χ4n) is 4.63. The van der Waals surface area contributed by atoms with Crippen LogP contribution in [0.3, 0.4) is 0 Å². The van der Waals surface area contributed by atoms with E-state index in [9.17, 15) is 8.42 Å². The largest absolute Gasteiger partial charge is 0.384 e. The van der Waals surface area contributed by atoms with Gasteiger partial charge in [-0.3, -0.25) is 0 Å². The molecule has 0 radical (unpaired) electrons. The number of nitrogens with two attached hydrogens (primary N) is 1. The third kappa shape index (κ3) is 4.28. The number of sulfonamides is 1. The van der Waals surface area contributed by atoms with E-state index >= 15 is 0 Å². The Kier molecular flexibility index (Phi) is 6.27. The fraction of sp³-hybridized carbons (Fsp3) is 0.619. The minimum atomic E-state index is -3.31. The van der Waals surface area contributed by atoms with E-state index in [4.69, 9.17) is 25.2 Å². The predicted octanol–water partition coefficient (Wildman–Crippen LogP) is -0.236. The van der Waals surface area contributed by atoms with E-state index in [0.717, 1.165) is 35.6 Å². The van der Waals surface area contributed by atoms with Crippen molar-refractivity contribution in [2.75, 3.05) is 74.4 Å². The quantitative estimate of drug-likeness (QED) is 0.550. The summed E-state index contributed by atoms with van der Waals surface area (Å²) < 4.78 is 37.1. The van der Waals surface area contributed by atoms with Crippen LogP contribution in [0.5, 0.6) is 0 Å². The molecule has 2 N–H and O–H groups in total. The van der Waals surface area contributed by atoms with Gasteiger partial charge in [0, 0.05) is 56.8 Å². The Labute approximate surface area is 199 Å². The zero-order valence-corrected chi connectivity index (χ0v) is 20.2. The molecule has 0 aromatic carbocycles. The van der Waals surface area contributed by atoms with Gasteiger partial charge in [-0.2, -0.15) is 9.29 Å². The maximum atomic E-state index is 12.5. The van der Waals surface area contributed by atoms with Gasteiger partial charge in [-0.15, -0.1) is 0 Å². The minimum Gasteiger partial charge on any atom is -0.384 e. The number of hydrogen-bond donors (Lipinski definition) is 1. The Bertz CT molecular complexity index is 1140. The van der Waals surface area contributed by atoms with Gasteiger partial charge < -0.3 is 25.0 Å². The molecule has 3 aliphatic rings. The van der Waals surface area contributed by atoms with Gasteiger partial charge >= 0.3 is 0 Å². The van der Waals surface area contributed by atoms with Crippen LogP contribution in [0, 0.1) is 0 Å². The first-order chi connectivity index (χ1) is 16.4. The van der Waals surface area contributed by atoms with Crippen molar-refractivity contribution in [3.05, 3.63) is 18.0 Å². The number of nitrogen functional groups attached to an aromatic ring is 1. The summed E-state index contributed by atoms with van der Waals surface area (Å²) in [4.78, 5) is 22.6. The number of fused-ring (bicyclic) bond motifs is 1. The summed E-state index contributed by atoms with van der Waals surface area (Å²) in [7, 11) is -1.81. The van der Waals surface area contributed by atoms with E-state index in [1.165, 1.54) is 11.4 Å². The Morgan fingerprint density at radius 3 is 2.65 bits per heavy atom. The highest BCUT2D eigenvalue weighted by molar-refractivity contribution is 7.89. The maximum absolute atomic E-state index is 12.5. The number of morpholine rings is 1. The monoisotopic (exact) mass is 490 g/mol. The highest BCUT2D eigenvalue weighted by Gasteiger charge is 2.42. The van der Waals surface area contributed by atoms with Gasteiger partial charge in [-0.05, 0) is 13.3 Å².